The molecule has 9 heteroatoms. The number of furan rings is 1. The molecule has 0 aliphatic carbocycles. The lowest BCUT2D eigenvalue weighted by molar-refractivity contribution is -0.123. The van der Waals surface area contributed by atoms with E-state index in [0.717, 1.165) is 17.8 Å². The number of hydrazone groups is 1. The molecular formula is C14H13N2O6S-. The molecular weight excluding hydrogens is 324 g/mol. The van der Waals surface area contributed by atoms with Gasteiger partial charge in [-0.1, -0.05) is 12.1 Å². The monoisotopic (exact) mass is 337 g/mol. The van der Waals surface area contributed by atoms with Crippen molar-refractivity contribution in [3.05, 3.63) is 47.7 Å². The molecule has 2 rings (SSSR count). The van der Waals surface area contributed by atoms with Crippen LogP contribution in [0.4, 0.5) is 0 Å². The van der Waals surface area contributed by atoms with Crippen molar-refractivity contribution in [1.82, 2.24) is 5.43 Å². The Kier molecular flexibility index (Phi) is 5.14. The zero-order valence-electron chi connectivity index (χ0n) is 12.1. The molecule has 0 atom stereocenters. The fraction of sp³-hybridized carbons (Fsp3) is 0.143. The van der Waals surface area contributed by atoms with Crippen LogP contribution in [0.5, 0.6) is 5.75 Å². The van der Waals surface area contributed by atoms with E-state index >= 15 is 0 Å². The Morgan fingerprint density at radius 3 is 2.83 bits per heavy atom. The average molecular weight is 337 g/mol. The van der Waals surface area contributed by atoms with Crippen LogP contribution < -0.4 is 10.2 Å². The number of nitrogens with zero attached hydrogens (tertiary/aromatic N) is 1. The number of ether oxygens (including phenoxy) is 1. The third kappa shape index (κ3) is 5.24. The lowest BCUT2D eigenvalue weighted by Gasteiger charge is -2.05. The van der Waals surface area contributed by atoms with Crippen molar-refractivity contribution < 1.29 is 26.9 Å². The first-order chi connectivity index (χ1) is 10.8. The molecule has 0 aliphatic heterocycles. The summed E-state index contributed by atoms with van der Waals surface area (Å²) in [5, 5.41) is 2.86. The number of amides is 1. The zero-order valence-corrected chi connectivity index (χ0v) is 12.9. The van der Waals surface area contributed by atoms with E-state index in [0.29, 0.717) is 5.75 Å². The Labute approximate surface area is 132 Å². The third-order valence-corrected chi connectivity index (χ3v) is 3.30. The van der Waals surface area contributed by atoms with Gasteiger partial charge in [0.15, 0.2) is 16.7 Å². The number of carbonyl (C=O) groups is 1. The number of rotatable bonds is 6. The highest BCUT2D eigenvalue weighted by Gasteiger charge is 2.06. The molecule has 0 spiro atoms. The summed E-state index contributed by atoms with van der Waals surface area (Å²) in [4.78, 5) is 11.5. The lowest BCUT2D eigenvalue weighted by Crippen LogP contribution is -2.24. The van der Waals surface area contributed by atoms with Crippen molar-refractivity contribution in [2.45, 2.75) is 12.0 Å². The van der Waals surface area contributed by atoms with Crippen LogP contribution in [0.3, 0.4) is 0 Å². The van der Waals surface area contributed by atoms with Crippen molar-refractivity contribution in [2.75, 3.05) is 6.61 Å². The van der Waals surface area contributed by atoms with E-state index in [1.165, 1.54) is 6.07 Å². The van der Waals surface area contributed by atoms with Crippen molar-refractivity contribution >= 4 is 22.2 Å². The molecule has 0 unspecified atom stereocenters. The summed E-state index contributed by atoms with van der Waals surface area (Å²) in [6.07, 6.45) is 1.07. The van der Waals surface area contributed by atoms with Crippen LogP contribution in [0.1, 0.15) is 11.3 Å². The minimum Gasteiger partial charge on any atom is -0.742 e. The zero-order chi connectivity index (χ0) is 16.9. The summed E-state index contributed by atoms with van der Waals surface area (Å²) in [5.74, 6) is 0.0609. The Bertz CT molecular complexity index is 825. The quantitative estimate of drug-likeness (QED) is 0.477. The molecule has 0 radical (unpaired) electrons. The summed E-state index contributed by atoms with van der Waals surface area (Å²) in [6.45, 7) is 1.66. The van der Waals surface area contributed by atoms with E-state index in [-0.39, 0.29) is 12.4 Å². The predicted molar refractivity (Wildman–Crippen MR) is 79.1 cm³/mol. The minimum absolute atomic E-state index is 0.0133. The highest BCUT2D eigenvalue weighted by atomic mass is 32.2. The molecule has 8 nitrogen and oxygen atoms in total. The molecule has 1 N–H and O–H groups in total. The SMILES string of the molecule is Cc1cccc(OCC(=O)N/N=C/c2ccc(S(=O)(=O)[O-])o2)c1. The minimum atomic E-state index is -4.65. The predicted octanol–water partition coefficient (Wildman–Crippen LogP) is 1.02. The van der Waals surface area contributed by atoms with Gasteiger partial charge in [0.1, 0.15) is 11.5 Å². The van der Waals surface area contributed by atoms with Crippen LogP contribution in [0.15, 0.2) is 51.0 Å². The second kappa shape index (κ2) is 7.07. The van der Waals surface area contributed by atoms with Gasteiger partial charge < -0.3 is 13.7 Å². The number of benzene rings is 1. The fourth-order valence-electron chi connectivity index (χ4n) is 1.59. The topological polar surface area (TPSA) is 121 Å². The largest absolute Gasteiger partial charge is 0.742 e. The van der Waals surface area contributed by atoms with Crippen LogP contribution in [-0.2, 0) is 14.9 Å². The van der Waals surface area contributed by atoms with Crippen molar-refractivity contribution in [3.8, 4) is 5.75 Å². The molecule has 0 bridgehead atoms. The van der Waals surface area contributed by atoms with Crippen molar-refractivity contribution in [1.29, 1.82) is 0 Å². The molecule has 1 aromatic heterocycles. The number of carbonyl (C=O) groups excluding carboxylic acids is 1. The number of hydrogen-bond donors (Lipinski definition) is 1. The van der Waals surface area contributed by atoms with Crippen LogP contribution in [0, 0.1) is 6.92 Å². The van der Waals surface area contributed by atoms with Gasteiger partial charge in [0.2, 0.25) is 5.09 Å². The van der Waals surface area contributed by atoms with Gasteiger partial charge in [-0.05, 0) is 36.8 Å². The van der Waals surface area contributed by atoms with Crippen LogP contribution in [0.2, 0.25) is 0 Å². The molecule has 1 amide bonds. The highest BCUT2D eigenvalue weighted by Crippen LogP contribution is 2.12. The molecule has 23 heavy (non-hydrogen) atoms. The first-order valence-electron chi connectivity index (χ1n) is 6.42. The van der Waals surface area contributed by atoms with Crippen molar-refractivity contribution in [2.24, 2.45) is 5.10 Å². The van der Waals surface area contributed by atoms with Crippen LogP contribution >= 0.6 is 0 Å². The second-order valence-corrected chi connectivity index (χ2v) is 5.82. The molecule has 1 heterocycles. The summed E-state index contributed by atoms with van der Waals surface area (Å²) >= 11 is 0. The number of nitrogens with one attached hydrogen (secondary N) is 1. The summed E-state index contributed by atoms with van der Waals surface area (Å²) in [7, 11) is -4.65. The van der Waals surface area contributed by atoms with E-state index < -0.39 is 21.1 Å². The van der Waals surface area contributed by atoms with Crippen LogP contribution in [0.25, 0.3) is 0 Å². The Balaban J connectivity index is 1.83. The van der Waals surface area contributed by atoms with E-state index in [1.54, 1.807) is 18.2 Å². The fourth-order valence-corrected chi connectivity index (χ4v) is 2.03. The maximum absolute atomic E-state index is 11.5. The normalized spacial score (nSPS) is 11.6. The number of aryl methyl sites for hydroxylation is 1. The average Bonchev–Trinajstić information content (AvgIpc) is 2.94. The van der Waals surface area contributed by atoms with Gasteiger partial charge in [-0.2, -0.15) is 5.10 Å². The van der Waals surface area contributed by atoms with Gasteiger partial charge in [0.05, 0.1) is 6.21 Å². The molecule has 122 valence electrons. The molecule has 0 fully saturated rings. The molecule has 0 saturated heterocycles. The van der Waals surface area contributed by atoms with Gasteiger partial charge in [0, 0.05) is 0 Å². The standard InChI is InChI=1S/C14H14N2O6S/c1-10-3-2-4-11(7-10)21-9-13(17)16-15-8-12-5-6-14(22-12)23(18,19)20/h2-8H,9H2,1H3,(H,16,17)(H,18,19,20)/p-1/b15-8+. The molecule has 0 saturated carbocycles. The lowest BCUT2D eigenvalue weighted by atomic mass is 10.2. The molecule has 1 aromatic carbocycles. The Morgan fingerprint density at radius 1 is 1.39 bits per heavy atom. The van der Waals surface area contributed by atoms with E-state index in [4.69, 9.17) is 9.15 Å². The Morgan fingerprint density at radius 2 is 2.17 bits per heavy atom. The summed E-state index contributed by atoms with van der Waals surface area (Å²) in [5.41, 5.74) is 3.18. The van der Waals surface area contributed by atoms with E-state index in [1.807, 2.05) is 13.0 Å². The molecule has 2 aromatic rings. The maximum Gasteiger partial charge on any atom is 0.277 e. The second-order valence-electron chi connectivity index (χ2n) is 4.51. The van der Waals surface area contributed by atoms with Gasteiger partial charge in [-0.3, -0.25) is 4.79 Å². The number of hydrogen-bond acceptors (Lipinski definition) is 7. The summed E-state index contributed by atoms with van der Waals surface area (Å²) < 4.78 is 42.1. The van der Waals surface area contributed by atoms with Crippen LogP contribution in [-0.4, -0.2) is 31.7 Å². The van der Waals surface area contributed by atoms with Gasteiger partial charge in [-0.15, -0.1) is 0 Å². The first-order valence-corrected chi connectivity index (χ1v) is 7.82. The van der Waals surface area contributed by atoms with Gasteiger partial charge in [0.25, 0.3) is 5.91 Å². The maximum atomic E-state index is 11.5. The van der Waals surface area contributed by atoms with E-state index in [2.05, 4.69) is 10.5 Å². The van der Waals surface area contributed by atoms with Gasteiger partial charge in [-0.25, -0.2) is 13.8 Å². The smallest absolute Gasteiger partial charge is 0.277 e. The van der Waals surface area contributed by atoms with Crippen molar-refractivity contribution in [3.63, 3.8) is 0 Å². The Hall–Kier alpha value is -2.65. The highest BCUT2D eigenvalue weighted by molar-refractivity contribution is 7.85. The molecule has 0 aliphatic rings. The summed E-state index contributed by atoms with van der Waals surface area (Å²) in [6, 6.07) is 9.45. The van der Waals surface area contributed by atoms with E-state index in [9.17, 15) is 17.8 Å². The van der Waals surface area contributed by atoms with Gasteiger partial charge >= 0.3 is 0 Å². The first kappa shape index (κ1) is 16.7. The third-order valence-electron chi connectivity index (χ3n) is 2.59.